The molecular weight excluding hydrogens is 525 g/mol. The number of nitrogens with one attached hydrogen (secondary N) is 1. The van der Waals surface area contributed by atoms with Crippen molar-refractivity contribution in [3.63, 3.8) is 0 Å². The molecule has 0 aliphatic carbocycles. The van der Waals surface area contributed by atoms with E-state index in [1.54, 1.807) is 4.90 Å². The van der Waals surface area contributed by atoms with Gasteiger partial charge >= 0.3 is 18.2 Å². The van der Waals surface area contributed by atoms with Crippen molar-refractivity contribution in [3.8, 4) is 5.75 Å². The summed E-state index contributed by atoms with van der Waals surface area (Å²) >= 11 is 0. The third kappa shape index (κ3) is 10.0. The van der Waals surface area contributed by atoms with Crippen LogP contribution >= 0.6 is 0 Å². The highest BCUT2D eigenvalue weighted by Crippen LogP contribution is 2.30. The van der Waals surface area contributed by atoms with Gasteiger partial charge in [-0.3, -0.25) is 0 Å². The average Bonchev–Trinajstić information content (AvgIpc) is 2.84. The number of amides is 2. The van der Waals surface area contributed by atoms with Crippen LogP contribution in [0, 0.1) is 11.6 Å². The molecule has 1 heterocycles. The SMILES string of the molecule is CC(C)Oc1ccc(CNC(=O)N(Cc2ccc(F)cc2F)C2(C)CCN(C)CC2)cc1.O=C(O)C(F)(F)F. The molecule has 1 aliphatic rings. The lowest BCUT2D eigenvalue weighted by Crippen LogP contribution is -2.57. The number of piperidine rings is 1. The monoisotopic (exact) mass is 559 g/mol. The minimum atomic E-state index is -5.08. The predicted molar refractivity (Wildman–Crippen MR) is 135 cm³/mol. The summed E-state index contributed by atoms with van der Waals surface area (Å²) in [7, 11) is 2.05. The fourth-order valence-electron chi connectivity index (χ4n) is 3.93. The van der Waals surface area contributed by atoms with Crippen LogP contribution < -0.4 is 10.1 Å². The van der Waals surface area contributed by atoms with Crippen molar-refractivity contribution < 1.29 is 41.4 Å². The van der Waals surface area contributed by atoms with Gasteiger partial charge in [-0.15, -0.1) is 0 Å². The van der Waals surface area contributed by atoms with Crippen molar-refractivity contribution in [1.82, 2.24) is 15.1 Å². The lowest BCUT2D eigenvalue weighted by Gasteiger charge is -2.46. The summed E-state index contributed by atoms with van der Waals surface area (Å²) in [6.45, 7) is 8.11. The molecule has 1 aliphatic heterocycles. The van der Waals surface area contributed by atoms with Crippen molar-refractivity contribution in [2.24, 2.45) is 0 Å². The van der Waals surface area contributed by atoms with Crippen molar-refractivity contribution in [3.05, 3.63) is 65.2 Å². The van der Waals surface area contributed by atoms with Crippen LogP contribution in [0.15, 0.2) is 42.5 Å². The zero-order valence-corrected chi connectivity index (χ0v) is 22.3. The number of rotatable bonds is 7. The number of benzene rings is 2. The molecule has 0 saturated carbocycles. The first-order valence-electron chi connectivity index (χ1n) is 12.3. The Morgan fingerprint density at radius 2 is 1.67 bits per heavy atom. The highest BCUT2D eigenvalue weighted by molar-refractivity contribution is 5.75. The molecule has 216 valence electrons. The van der Waals surface area contributed by atoms with E-state index >= 15 is 0 Å². The third-order valence-corrected chi connectivity index (χ3v) is 6.29. The zero-order chi connectivity index (χ0) is 29.4. The van der Waals surface area contributed by atoms with E-state index in [2.05, 4.69) is 17.3 Å². The van der Waals surface area contributed by atoms with Gasteiger partial charge < -0.3 is 25.0 Å². The number of alkyl halides is 3. The number of carboxylic acids is 1. The molecule has 39 heavy (non-hydrogen) atoms. The molecule has 3 rings (SSSR count). The molecule has 7 nitrogen and oxygen atoms in total. The Balaban J connectivity index is 0.000000673. The third-order valence-electron chi connectivity index (χ3n) is 6.29. The molecule has 1 fully saturated rings. The number of likely N-dealkylation sites (tertiary alicyclic amines) is 1. The number of nitrogens with zero attached hydrogens (tertiary/aromatic N) is 2. The molecule has 0 bridgehead atoms. The van der Waals surface area contributed by atoms with Crippen LogP contribution in [0.25, 0.3) is 0 Å². The topological polar surface area (TPSA) is 82.1 Å². The number of ether oxygens (including phenoxy) is 1. The summed E-state index contributed by atoms with van der Waals surface area (Å²) in [6.07, 6.45) is -3.43. The van der Waals surface area contributed by atoms with Crippen LogP contribution in [0.3, 0.4) is 0 Å². The Hall–Kier alpha value is -3.41. The van der Waals surface area contributed by atoms with Crippen molar-refractivity contribution >= 4 is 12.0 Å². The van der Waals surface area contributed by atoms with Crippen LogP contribution in [0.2, 0.25) is 0 Å². The number of carbonyl (C=O) groups excluding carboxylic acids is 1. The van der Waals surface area contributed by atoms with E-state index < -0.39 is 29.3 Å². The normalized spacial score (nSPS) is 15.2. The summed E-state index contributed by atoms with van der Waals surface area (Å²) in [5.74, 6) is -3.24. The summed E-state index contributed by atoms with van der Waals surface area (Å²) < 4.78 is 65.2. The maximum Gasteiger partial charge on any atom is 0.490 e. The van der Waals surface area contributed by atoms with E-state index in [-0.39, 0.29) is 18.7 Å². The Morgan fingerprint density at radius 1 is 1.10 bits per heavy atom. The molecule has 0 unspecified atom stereocenters. The van der Waals surface area contributed by atoms with Crippen LogP contribution in [0.5, 0.6) is 5.75 Å². The Morgan fingerprint density at radius 3 is 2.15 bits per heavy atom. The molecule has 0 atom stereocenters. The number of hydrogen-bond donors (Lipinski definition) is 2. The predicted octanol–water partition coefficient (Wildman–Crippen LogP) is 5.58. The quantitative estimate of drug-likeness (QED) is 0.433. The van der Waals surface area contributed by atoms with E-state index in [1.165, 1.54) is 12.1 Å². The summed E-state index contributed by atoms with van der Waals surface area (Å²) in [5, 5.41) is 10.1. The minimum Gasteiger partial charge on any atom is -0.491 e. The molecular formula is C27H34F5N3O4. The zero-order valence-electron chi connectivity index (χ0n) is 22.3. The Bertz CT molecular complexity index is 1100. The van der Waals surface area contributed by atoms with Crippen molar-refractivity contribution in [2.45, 2.75) is 64.5 Å². The molecule has 0 spiro atoms. The first-order chi connectivity index (χ1) is 18.1. The number of carboxylic acid groups (broad SMARTS) is 1. The van der Waals surface area contributed by atoms with E-state index in [9.17, 15) is 26.7 Å². The molecule has 2 aromatic rings. The van der Waals surface area contributed by atoms with E-state index in [0.717, 1.165) is 43.3 Å². The second-order valence-corrected chi connectivity index (χ2v) is 9.89. The van der Waals surface area contributed by atoms with Crippen LogP contribution in [-0.4, -0.2) is 64.9 Å². The summed E-state index contributed by atoms with van der Waals surface area (Å²) in [5.41, 5.74) is 0.819. The summed E-state index contributed by atoms with van der Waals surface area (Å²) in [6, 6.07) is 10.8. The largest absolute Gasteiger partial charge is 0.491 e. The lowest BCUT2D eigenvalue weighted by atomic mass is 9.87. The average molecular weight is 560 g/mol. The van der Waals surface area contributed by atoms with Gasteiger partial charge in [0.1, 0.15) is 17.4 Å². The van der Waals surface area contributed by atoms with Crippen LogP contribution in [0.4, 0.5) is 26.7 Å². The molecule has 1 saturated heterocycles. The van der Waals surface area contributed by atoms with Crippen molar-refractivity contribution in [2.75, 3.05) is 20.1 Å². The van der Waals surface area contributed by atoms with Gasteiger partial charge in [0.2, 0.25) is 0 Å². The maximum atomic E-state index is 14.4. The second kappa shape index (κ2) is 13.6. The minimum absolute atomic E-state index is 0.0827. The fraction of sp³-hybridized carbons (Fsp3) is 0.481. The lowest BCUT2D eigenvalue weighted by molar-refractivity contribution is -0.192. The van der Waals surface area contributed by atoms with Gasteiger partial charge in [0.15, 0.2) is 0 Å². The molecule has 0 radical (unpaired) electrons. The van der Waals surface area contributed by atoms with Crippen LogP contribution in [-0.2, 0) is 17.9 Å². The van der Waals surface area contributed by atoms with Gasteiger partial charge in [-0.05, 0) is 64.4 Å². The first kappa shape index (κ1) is 31.8. The van der Waals surface area contributed by atoms with E-state index in [0.29, 0.717) is 12.1 Å². The molecule has 2 N–H and O–H groups in total. The van der Waals surface area contributed by atoms with E-state index in [1.807, 2.05) is 45.0 Å². The number of halogens is 5. The highest BCUT2D eigenvalue weighted by Gasteiger charge is 2.39. The van der Waals surface area contributed by atoms with Gasteiger partial charge in [0.25, 0.3) is 0 Å². The smallest absolute Gasteiger partial charge is 0.490 e. The molecule has 2 amide bonds. The summed E-state index contributed by atoms with van der Waals surface area (Å²) in [4.78, 5) is 26.1. The molecule has 2 aromatic carbocycles. The van der Waals surface area contributed by atoms with Gasteiger partial charge in [-0.25, -0.2) is 18.4 Å². The van der Waals surface area contributed by atoms with Crippen molar-refractivity contribution in [1.29, 1.82) is 0 Å². The number of carbonyl (C=O) groups is 2. The fourth-order valence-corrected chi connectivity index (χ4v) is 3.93. The van der Waals surface area contributed by atoms with Crippen LogP contribution in [0.1, 0.15) is 44.7 Å². The van der Waals surface area contributed by atoms with Gasteiger partial charge in [-0.1, -0.05) is 18.2 Å². The second-order valence-electron chi connectivity index (χ2n) is 9.89. The van der Waals surface area contributed by atoms with Gasteiger partial charge in [0.05, 0.1) is 12.6 Å². The Labute approximate surface area is 224 Å². The molecule has 12 heteroatoms. The standard InChI is InChI=1S/C25H33F2N3O2.C2HF3O2/c1-18(2)32-22-9-5-19(6-10-22)16-28-24(31)30(25(3)11-13-29(4)14-12-25)17-20-7-8-21(26)15-23(20)27;3-2(4,5)1(6)7/h5-10,15,18H,11-14,16-17H2,1-4H3,(H,28,31);(H,6,7). The number of aliphatic carboxylic acids is 1. The first-order valence-corrected chi connectivity index (χ1v) is 12.3. The maximum absolute atomic E-state index is 14.4. The van der Waals surface area contributed by atoms with E-state index in [4.69, 9.17) is 14.6 Å². The number of urea groups is 1. The number of hydrogen-bond acceptors (Lipinski definition) is 4. The highest BCUT2D eigenvalue weighted by atomic mass is 19.4. The van der Waals surface area contributed by atoms with Gasteiger partial charge in [-0.2, -0.15) is 13.2 Å². The Kier molecular flexibility index (Phi) is 11.1. The molecule has 0 aromatic heterocycles. The van der Waals surface area contributed by atoms with Gasteiger partial charge in [0, 0.05) is 36.8 Å².